The Morgan fingerprint density at radius 2 is 1.87 bits per heavy atom. The first kappa shape index (κ1) is 16.3. The van der Waals surface area contributed by atoms with Crippen molar-refractivity contribution in [3.63, 3.8) is 0 Å². The van der Waals surface area contributed by atoms with E-state index in [1.165, 1.54) is 42.5 Å². The number of aryl methyl sites for hydroxylation is 1. The lowest BCUT2D eigenvalue weighted by Crippen LogP contribution is -2.37. The molecule has 4 heteroatoms. The van der Waals surface area contributed by atoms with Gasteiger partial charge in [0, 0.05) is 31.4 Å². The van der Waals surface area contributed by atoms with Crippen LogP contribution >= 0.6 is 0 Å². The second-order valence-electron chi connectivity index (χ2n) is 6.89. The van der Waals surface area contributed by atoms with Crippen LogP contribution in [0, 0.1) is 13.8 Å². The average Bonchev–Trinajstić information content (AvgIpc) is 3.05. The molecule has 1 saturated carbocycles. The van der Waals surface area contributed by atoms with Crippen molar-refractivity contribution >= 4 is 17.3 Å². The third-order valence-corrected chi connectivity index (χ3v) is 5.22. The molecular formula is C19H28N2O2. The summed E-state index contributed by atoms with van der Waals surface area (Å²) in [6.07, 6.45) is 5.16. The van der Waals surface area contributed by atoms with Gasteiger partial charge in [-0.2, -0.15) is 0 Å². The van der Waals surface area contributed by atoms with E-state index in [2.05, 4.69) is 30.1 Å². The summed E-state index contributed by atoms with van der Waals surface area (Å²) in [7, 11) is 0. The number of nitrogens with one attached hydrogen (secondary N) is 1. The lowest BCUT2D eigenvalue weighted by molar-refractivity contribution is -0.114. The van der Waals surface area contributed by atoms with Crippen LogP contribution in [0.5, 0.6) is 0 Å². The van der Waals surface area contributed by atoms with E-state index in [0.29, 0.717) is 5.92 Å². The van der Waals surface area contributed by atoms with Crippen LogP contribution in [0.4, 0.5) is 11.4 Å². The second kappa shape index (κ2) is 6.91. The molecule has 0 aromatic heterocycles. The lowest BCUT2D eigenvalue weighted by Gasteiger charge is -2.34. The van der Waals surface area contributed by atoms with Crippen molar-refractivity contribution < 1.29 is 9.53 Å². The fourth-order valence-electron chi connectivity index (χ4n) is 4.14. The van der Waals surface area contributed by atoms with Gasteiger partial charge < -0.3 is 15.0 Å². The van der Waals surface area contributed by atoms with Crippen LogP contribution in [0.25, 0.3) is 0 Å². The molecule has 1 aromatic carbocycles. The number of benzene rings is 1. The quantitative estimate of drug-likeness (QED) is 0.923. The Kier molecular flexibility index (Phi) is 4.90. The number of morpholine rings is 1. The zero-order chi connectivity index (χ0) is 16.4. The summed E-state index contributed by atoms with van der Waals surface area (Å²) < 4.78 is 5.52. The Balaban J connectivity index is 2.07. The molecular weight excluding hydrogens is 288 g/mol. The first-order valence-corrected chi connectivity index (χ1v) is 8.82. The minimum atomic E-state index is 0.00712. The van der Waals surface area contributed by atoms with Gasteiger partial charge in [0.2, 0.25) is 5.91 Å². The number of carbonyl (C=O) groups excluding carboxylic acids is 1. The molecule has 3 rings (SSSR count). The summed E-state index contributed by atoms with van der Waals surface area (Å²) in [4.78, 5) is 14.1. The summed E-state index contributed by atoms with van der Waals surface area (Å²) in [5, 5.41) is 3.05. The topological polar surface area (TPSA) is 41.6 Å². The number of hydrogen-bond donors (Lipinski definition) is 1. The van der Waals surface area contributed by atoms with Gasteiger partial charge >= 0.3 is 0 Å². The predicted molar refractivity (Wildman–Crippen MR) is 94.5 cm³/mol. The molecule has 1 N–H and O–H groups in total. The van der Waals surface area contributed by atoms with Crippen LogP contribution in [-0.4, -0.2) is 32.2 Å². The molecule has 4 nitrogen and oxygen atoms in total. The molecule has 1 aliphatic heterocycles. The van der Waals surface area contributed by atoms with Gasteiger partial charge in [-0.05, 0) is 55.4 Å². The summed E-state index contributed by atoms with van der Waals surface area (Å²) in [5.74, 6) is 0.633. The molecule has 1 amide bonds. The highest BCUT2D eigenvalue weighted by atomic mass is 16.5. The molecule has 1 aliphatic carbocycles. The van der Waals surface area contributed by atoms with Crippen LogP contribution < -0.4 is 10.2 Å². The van der Waals surface area contributed by atoms with Crippen molar-refractivity contribution in [3.8, 4) is 0 Å². The van der Waals surface area contributed by atoms with Crippen LogP contribution in [0.1, 0.15) is 55.2 Å². The zero-order valence-electron chi connectivity index (χ0n) is 14.6. The monoisotopic (exact) mass is 316 g/mol. The summed E-state index contributed by atoms with van der Waals surface area (Å²) in [6.45, 7) is 9.38. The fourth-order valence-corrected chi connectivity index (χ4v) is 4.14. The Hall–Kier alpha value is -1.55. The molecule has 1 saturated heterocycles. The molecule has 0 unspecified atom stereocenters. The van der Waals surface area contributed by atoms with Crippen LogP contribution in [0.3, 0.4) is 0 Å². The van der Waals surface area contributed by atoms with E-state index >= 15 is 0 Å². The van der Waals surface area contributed by atoms with Gasteiger partial charge in [0.15, 0.2) is 0 Å². The average molecular weight is 316 g/mol. The van der Waals surface area contributed by atoms with Gasteiger partial charge in [-0.15, -0.1) is 0 Å². The van der Waals surface area contributed by atoms with Gasteiger partial charge in [0.1, 0.15) is 0 Å². The van der Waals surface area contributed by atoms with E-state index in [0.717, 1.165) is 37.6 Å². The SMILES string of the molecule is CC(=O)Nc1c(C)cc(N2CCOCC2)c(C2CCCC2)c1C. The highest BCUT2D eigenvalue weighted by Gasteiger charge is 2.27. The van der Waals surface area contributed by atoms with Gasteiger partial charge in [-0.3, -0.25) is 4.79 Å². The van der Waals surface area contributed by atoms with Gasteiger partial charge in [0.05, 0.1) is 13.2 Å². The Morgan fingerprint density at radius 3 is 2.48 bits per heavy atom. The molecule has 0 atom stereocenters. The first-order valence-electron chi connectivity index (χ1n) is 8.82. The molecule has 0 spiro atoms. The zero-order valence-corrected chi connectivity index (χ0v) is 14.6. The number of carbonyl (C=O) groups is 1. The van der Waals surface area contributed by atoms with E-state index in [9.17, 15) is 4.79 Å². The Labute approximate surface area is 139 Å². The normalized spacial score (nSPS) is 19.2. The van der Waals surface area contributed by atoms with Crippen LogP contribution in [0.15, 0.2) is 6.07 Å². The second-order valence-corrected chi connectivity index (χ2v) is 6.89. The van der Waals surface area contributed by atoms with E-state index in [-0.39, 0.29) is 5.91 Å². The maximum Gasteiger partial charge on any atom is 0.221 e. The smallest absolute Gasteiger partial charge is 0.221 e. The van der Waals surface area contributed by atoms with Crippen molar-refractivity contribution in [3.05, 3.63) is 22.8 Å². The minimum absolute atomic E-state index is 0.00712. The van der Waals surface area contributed by atoms with Crippen molar-refractivity contribution in [2.24, 2.45) is 0 Å². The number of anilines is 2. The molecule has 23 heavy (non-hydrogen) atoms. The number of nitrogens with zero attached hydrogens (tertiary/aromatic N) is 1. The molecule has 2 fully saturated rings. The molecule has 1 heterocycles. The minimum Gasteiger partial charge on any atom is -0.378 e. The molecule has 126 valence electrons. The number of amides is 1. The fraction of sp³-hybridized carbons (Fsp3) is 0.632. The first-order chi connectivity index (χ1) is 11.1. The Bertz CT molecular complexity index is 586. The number of hydrogen-bond acceptors (Lipinski definition) is 3. The lowest BCUT2D eigenvalue weighted by atomic mass is 9.88. The standard InChI is InChI=1S/C19H28N2O2/c1-13-12-17(21-8-10-23-11-9-21)18(16-6-4-5-7-16)14(2)19(13)20-15(3)22/h12,16H,4-11H2,1-3H3,(H,20,22). The van der Waals surface area contributed by atoms with Crippen LogP contribution in [0.2, 0.25) is 0 Å². The summed E-state index contributed by atoms with van der Waals surface area (Å²) >= 11 is 0. The maximum atomic E-state index is 11.6. The molecule has 0 radical (unpaired) electrons. The van der Waals surface area contributed by atoms with Crippen molar-refractivity contribution in [1.29, 1.82) is 0 Å². The van der Waals surface area contributed by atoms with E-state index in [1.807, 2.05) is 0 Å². The third-order valence-electron chi connectivity index (χ3n) is 5.22. The van der Waals surface area contributed by atoms with E-state index in [1.54, 1.807) is 6.92 Å². The van der Waals surface area contributed by atoms with Gasteiger partial charge in [0.25, 0.3) is 0 Å². The maximum absolute atomic E-state index is 11.6. The third kappa shape index (κ3) is 3.37. The molecule has 0 bridgehead atoms. The highest BCUT2D eigenvalue weighted by Crippen LogP contribution is 2.44. The molecule has 2 aliphatic rings. The van der Waals surface area contributed by atoms with Gasteiger partial charge in [-0.25, -0.2) is 0 Å². The highest BCUT2D eigenvalue weighted by molar-refractivity contribution is 5.91. The summed E-state index contributed by atoms with van der Waals surface area (Å²) in [5.41, 5.74) is 6.24. The van der Waals surface area contributed by atoms with E-state index in [4.69, 9.17) is 4.74 Å². The van der Waals surface area contributed by atoms with Crippen molar-refractivity contribution in [1.82, 2.24) is 0 Å². The van der Waals surface area contributed by atoms with Gasteiger partial charge in [-0.1, -0.05) is 12.8 Å². The van der Waals surface area contributed by atoms with Crippen molar-refractivity contribution in [2.45, 2.75) is 52.4 Å². The molecule has 1 aromatic rings. The predicted octanol–water partition coefficient (Wildman–Crippen LogP) is 3.76. The largest absolute Gasteiger partial charge is 0.378 e. The summed E-state index contributed by atoms with van der Waals surface area (Å²) in [6, 6.07) is 2.28. The van der Waals surface area contributed by atoms with E-state index < -0.39 is 0 Å². The number of ether oxygens (including phenoxy) is 1. The van der Waals surface area contributed by atoms with Crippen molar-refractivity contribution in [2.75, 3.05) is 36.5 Å². The Morgan fingerprint density at radius 1 is 1.22 bits per heavy atom. The van der Waals surface area contributed by atoms with Crippen LogP contribution in [-0.2, 0) is 9.53 Å². The number of rotatable bonds is 3.